The number of hydrogen-bond acceptors (Lipinski definition) is 4. The normalized spacial score (nSPS) is 21.1. The fourth-order valence-corrected chi connectivity index (χ4v) is 3.88. The standard InChI is InChI=1S/C12H17NO.C11H14FNO.2C2H6/c1-9-4-6-10(7-5-9)12(14)11-3-2-8-13-11;12-9-4-1-3-8(7-9)11(14)10-5-2-6-13-10;2*1-2/h4-7,11-14H,2-3,8H2,1H3;1,3-4,7,10-11,13-14H,2,5-6H2;2*1-2H3. The van der Waals surface area contributed by atoms with Crippen LogP contribution in [0, 0.1) is 12.7 Å². The molecule has 0 aromatic heterocycles. The second kappa shape index (κ2) is 15.9. The lowest BCUT2D eigenvalue weighted by molar-refractivity contribution is 0.137. The third-order valence-corrected chi connectivity index (χ3v) is 5.57. The van der Waals surface area contributed by atoms with Gasteiger partial charge in [-0.2, -0.15) is 0 Å². The first-order valence-electron chi connectivity index (χ1n) is 12.2. The SMILES string of the molecule is CC.CC.Cc1ccc(C(O)C2CCCN2)cc1.OC(c1cccc(F)c1)C1CCCN1. The molecule has 2 aromatic carbocycles. The summed E-state index contributed by atoms with van der Waals surface area (Å²) in [6, 6.07) is 14.6. The van der Waals surface area contributed by atoms with Gasteiger partial charge in [0.2, 0.25) is 0 Å². The number of nitrogens with one attached hydrogen (secondary N) is 2. The monoisotopic (exact) mass is 446 g/mol. The van der Waals surface area contributed by atoms with Crippen molar-refractivity contribution in [2.45, 2.75) is 84.6 Å². The van der Waals surface area contributed by atoms with Crippen molar-refractivity contribution in [3.8, 4) is 0 Å². The largest absolute Gasteiger partial charge is 0.387 e. The minimum atomic E-state index is -0.590. The highest BCUT2D eigenvalue weighted by Gasteiger charge is 2.24. The van der Waals surface area contributed by atoms with Gasteiger partial charge in [0, 0.05) is 12.1 Å². The van der Waals surface area contributed by atoms with E-state index in [1.165, 1.54) is 24.1 Å². The second-order valence-corrected chi connectivity index (χ2v) is 7.76. The van der Waals surface area contributed by atoms with Crippen LogP contribution in [0.25, 0.3) is 0 Å². The lowest BCUT2D eigenvalue weighted by Crippen LogP contribution is -2.28. The minimum Gasteiger partial charge on any atom is -0.387 e. The number of hydrogen-bond donors (Lipinski definition) is 4. The zero-order valence-corrected chi connectivity index (χ0v) is 20.4. The molecule has 2 heterocycles. The minimum absolute atomic E-state index is 0.0804. The van der Waals surface area contributed by atoms with Crippen LogP contribution in [0.4, 0.5) is 4.39 Å². The van der Waals surface area contributed by atoms with E-state index in [4.69, 9.17) is 0 Å². The molecule has 5 heteroatoms. The summed E-state index contributed by atoms with van der Waals surface area (Å²) in [6.45, 7) is 12.0. The van der Waals surface area contributed by atoms with Gasteiger partial charge in [0.25, 0.3) is 0 Å². The maximum Gasteiger partial charge on any atom is 0.123 e. The van der Waals surface area contributed by atoms with Gasteiger partial charge in [0.05, 0.1) is 12.2 Å². The predicted octanol–water partition coefficient (Wildman–Crippen LogP) is 5.44. The summed E-state index contributed by atoms with van der Waals surface area (Å²) in [7, 11) is 0. The van der Waals surface area contributed by atoms with Crippen LogP contribution in [0.2, 0.25) is 0 Å². The van der Waals surface area contributed by atoms with Crippen molar-refractivity contribution in [1.29, 1.82) is 0 Å². The first kappa shape index (κ1) is 28.2. The van der Waals surface area contributed by atoms with Gasteiger partial charge in [0.1, 0.15) is 5.82 Å². The molecule has 2 fully saturated rings. The molecule has 2 aliphatic rings. The van der Waals surface area contributed by atoms with Gasteiger partial charge >= 0.3 is 0 Å². The molecule has 4 N–H and O–H groups in total. The molecule has 2 aliphatic heterocycles. The van der Waals surface area contributed by atoms with Crippen molar-refractivity contribution >= 4 is 0 Å². The van der Waals surface area contributed by atoms with Crippen LogP contribution in [0.1, 0.15) is 82.3 Å². The molecule has 0 radical (unpaired) electrons. The molecule has 0 saturated carbocycles. The molecule has 2 aromatic rings. The topological polar surface area (TPSA) is 64.5 Å². The molecule has 2 saturated heterocycles. The fourth-order valence-electron chi connectivity index (χ4n) is 3.88. The molecule has 180 valence electrons. The lowest BCUT2D eigenvalue weighted by atomic mass is 10.0. The van der Waals surface area contributed by atoms with E-state index in [-0.39, 0.29) is 24.0 Å². The average molecular weight is 447 g/mol. The van der Waals surface area contributed by atoms with Gasteiger partial charge in [-0.15, -0.1) is 0 Å². The number of aryl methyl sites for hydroxylation is 1. The lowest BCUT2D eigenvalue weighted by Gasteiger charge is -2.18. The predicted molar refractivity (Wildman–Crippen MR) is 132 cm³/mol. The Balaban J connectivity index is 0.000000277. The summed E-state index contributed by atoms with van der Waals surface area (Å²) in [5.74, 6) is -0.292. The molecule has 4 atom stereocenters. The molecular weight excluding hydrogens is 403 g/mol. The van der Waals surface area contributed by atoms with Crippen LogP contribution >= 0.6 is 0 Å². The third kappa shape index (κ3) is 8.99. The number of benzene rings is 2. The average Bonchev–Trinajstić information content (AvgIpc) is 3.56. The quantitative estimate of drug-likeness (QED) is 0.505. The van der Waals surface area contributed by atoms with Crippen molar-refractivity contribution in [3.05, 3.63) is 71.0 Å². The molecule has 4 unspecified atom stereocenters. The Morgan fingerprint density at radius 3 is 1.72 bits per heavy atom. The number of halogens is 1. The van der Waals surface area contributed by atoms with Gasteiger partial charge in [-0.1, -0.05) is 69.7 Å². The third-order valence-electron chi connectivity index (χ3n) is 5.57. The zero-order chi connectivity index (χ0) is 23.9. The van der Waals surface area contributed by atoms with Crippen molar-refractivity contribution in [2.24, 2.45) is 0 Å². The summed E-state index contributed by atoms with van der Waals surface area (Å²) >= 11 is 0. The first-order valence-corrected chi connectivity index (χ1v) is 12.2. The van der Waals surface area contributed by atoms with Crippen molar-refractivity contribution < 1.29 is 14.6 Å². The molecule has 4 nitrogen and oxygen atoms in total. The zero-order valence-electron chi connectivity index (χ0n) is 20.4. The number of aliphatic hydroxyl groups excluding tert-OH is 2. The Morgan fingerprint density at radius 2 is 1.28 bits per heavy atom. The Labute approximate surface area is 194 Å². The van der Waals surface area contributed by atoms with Crippen LogP contribution in [0.15, 0.2) is 48.5 Å². The van der Waals surface area contributed by atoms with E-state index in [1.807, 2.05) is 52.0 Å². The summed E-state index contributed by atoms with van der Waals surface area (Å²) in [6.07, 6.45) is 3.35. The van der Waals surface area contributed by atoms with E-state index in [2.05, 4.69) is 17.6 Å². The summed E-state index contributed by atoms with van der Waals surface area (Å²) in [4.78, 5) is 0. The first-order chi connectivity index (χ1) is 15.5. The van der Waals surface area contributed by atoms with Crippen LogP contribution in [0.3, 0.4) is 0 Å². The summed E-state index contributed by atoms with van der Waals surface area (Å²) < 4.78 is 12.9. The van der Waals surface area contributed by atoms with Crippen LogP contribution in [-0.2, 0) is 0 Å². The highest BCUT2D eigenvalue weighted by atomic mass is 19.1. The van der Waals surface area contributed by atoms with E-state index in [1.54, 1.807) is 12.1 Å². The Morgan fingerprint density at radius 1 is 0.781 bits per heavy atom. The maximum atomic E-state index is 12.9. The maximum absolute atomic E-state index is 12.9. The Kier molecular flexibility index (Phi) is 14.1. The molecule has 0 spiro atoms. The summed E-state index contributed by atoms with van der Waals surface area (Å²) in [5, 5.41) is 26.5. The highest BCUT2D eigenvalue weighted by molar-refractivity contribution is 5.24. The second-order valence-electron chi connectivity index (χ2n) is 7.76. The van der Waals surface area contributed by atoms with Gasteiger partial charge in [-0.3, -0.25) is 0 Å². The summed E-state index contributed by atoms with van der Waals surface area (Å²) in [5.41, 5.74) is 2.92. The molecular formula is C27H43FN2O2. The number of rotatable bonds is 4. The fraction of sp³-hybridized carbons (Fsp3) is 0.556. The van der Waals surface area contributed by atoms with E-state index in [9.17, 15) is 14.6 Å². The van der Waals surface area contributed by atoms with Crippen molar-refractivity contribution in [2.75, 3.05) is 13.1 Å². The van der Waals surface area contributed by atoms with E-state index in [0.29, 0.717) is 5.56 Å². The van der Waals surface area contributed by atoms with Crippen LogP contribution < -0.4 is 10.6 Å². The van der Waals surface area contributed by atoms with Gasteiger partial charge in [-0.25, -0.2) is 4.39 Å². The van der Waals surface area contributed by atoms with E-state index in [0.717, 1.165) is 37.9 Å². The van der Waals surface area contributed by atoms with Gasteiger partial charge in [-0.05, 0) is 69.0 Å². The van der Waals surface area contributed by atoms with Crippen molar-refractivity contribution in [3.63, 3.8) is 0 Å². The van der Waals surface area contributed by atoms with Gasteiger partial charge in [0.15, 0.2) is 0 Å². The van der Waals surface area contributed by atoms with Gasteiger partial charge < -0.3 is 20.8 Å². The Hall–Kier alpha value is -1.79. The molecule has 0 amide bonds. The van der Waals surface area contributed by atoms with E-state index < -0.39 is 6.10 Å². The smallest absolute Gasteiger partial charge is 0.123 e. The highest BCUT2D eigenvalue weighted by Crippen LogP contribution is 2.24. The number of aliphatic hydroxyl groups is 2. The van der Waals surface area contributed by atoms with Crippen LogP contribution in [-0.4, -0.2) is 35.4 Å². The molecule has 0 bridgehead atoms. The Bertz CT molecular complexity index is 727. The molecule has 0 aliphatic carbocycles. The van der Waals surface area contributed by atoms with Crippen molar-refractivity contribution in [1.82, 2.24) is 10.6 Å². The molecule has 4 rings (SSSR count). The van der Waals surface area contributed by atoms with Crippen LogP contribution in [0.5, 0.6) is 0 Å². The van der Waals surface area contributed by atoms with E-state index >= 15 is 0 Å². The molecule has 32 heavy (non-hydrogen) atoms.